The Morgan fingerprint density at radius 3 is 2.31 bits per heavy atom. The first kappa shape index (κ1) is 26.7. The minimum atomic E-state index is -4.12. The van der Waals surface area contributed by atoms with Crippen molar-refractivity contribution in [1.29, 1.82) is 0 Å². The van der Waals surface area contributed by atoms with Gasteiger partial charge in [0.25, 0.3) is 0 Å². The second kappa shape index (κ2) is 11.2. The van der Waals surface area contributed by atoms with E-state index in [1.54, 1.807) is 6.07 Å². The molecule has 6 nitrogen and oxygen atoms in total. The predicted molar refractivity (Wildman–Crippen MR) is 139 cm³/mol. The van der Waals surface area contributed by atoms with Crippen LogP contribution in [-0.2, 0) is 21.4 Å². The molecule has 0 saturated carbocycles. The van der Waals surface area contributed by atoms with E-state index in [9.17, 15) is 13.2 Å². The van der Waals surface area contributed by atoms with Crippen molar-refractivity contribution >= 4 is 27.5 Å². The third kappa shape index (κ3) is 6.42. The third-order valence-electron chi connectivity index (χ3n) is 5.99. The van der Waals surface area contributed by atoms with Crippen LogP contribution in [0.2, 0.25) is 5.02 Å². The molecule has 0 aliphatic carbocycles. The second-order valence-electron chi connectivity index (χ2n) is 8.64. The smallest absolute Gasteiger partial charge is 0.247 e. The highest BCUT2D eigenvalue weighted by Gasteiger charge is 2.30. The van der Waals surface area contributed by atoms with Crippen molar-refractivity contribution in [2.75, 3.05) is 13.7 Å². The predicted octanol–water partition coefficient (Wildman–Crippen LogP) is 5.34. The summed E-state index contributed by atoms with van der Waals surface area (Å²) in [7, 11) is -2.72. The van der Waals surface area contributed by atoms with Gasteiger partial charge in [0.05, 0.1) is 19.7 Å². The number of carbonyl (C=O) groups is 1. The molecule has 0 aliphatic rings. The molecule has 1 atom stereocenters. The number of rotatable bonds is 9. The summed E-state index contributed by atoms with van der Waals surface area (Å²) in [5, 5.41) is 3.22. The molecule has 1 N–H and O–H groups in total. The first-order valence-corrected chi connectivity index (χ1v) is 13.1. The zero-order chi connectivity index (χ0) is 25.8. The van der Waals surface area contributed by atoms with E-state index in [-0.39, 0.29) is 34.8 Å². The minimum absolute atomic E-state index is 0.0172. The molecule has 35 heavy (non-hydrogen) atoms. The summed E-state index contributed by atoms with van der Waals surface area (Å²) in [5.74, 6) is -0.248. The van der Waals surface area contributed by atoms with Gasteiger partial charge in [0.15, 0.2) is 0 Å². The van der Waals surface area contributed by atoms with Crippen molar-refractivity contribution in [1.82, 2.24) is 9.62 Å². The fraction of sp³-hybridized carbons (Fsp3) is 0.296. The number of benzene rings is 3. The molecule has 8 heteroatoms. The van der Waals surface area contributed by atoms with Crippen LogP contribution in [0.4, 0.5) is 0 Å². The summed E-state index contributed by atoms with van der Waals surface area (Å²) in [6, 6.07) is 17.4. The second-order valence-corrected chi connectivity index (χ2v) is 11.0. The summed E-state index contributed by atoms with van der Waals surface area (Å²) in [6.45, 7) is 7.63. The lowest BCUT2D eigenvalue weighted by Crippen LogP contribution is -2.41. The summed E-state index contributed by atoms with van der Waals surface area (Å²) < 4.78 is 33.8. The summed E-state index contributed by atoms with van der Waals surface area (Å²) >= 11 is 6.11. The van der Waals surface area contributed by atoms with Gasteiger partial charge in [-0.2, -0.15) is 4.31 Å². The number of aryl methyl sites for hydroxylation is 3. The van der Waals surface area contributed by atoms with Gasteiger partial charge in [-0.1, -0.05) is 54.1 Å². The van der Waals surface area contributed by atoms with E-state index in [2.05, 4.69) is 17.4 Å². The Morgan fingerprint density at radius 2 is 1.66 bits per heavy atom. The monoisotopic (exact) mass is 514 g/mol. The number of halogens is 1. The van der Waals surface area contributed by atoms with E-state index < -0.39 is 15.9 Å². The van der Waals surface area contributed by atoms with Crippen LogP contribution in [0, 0.1) is 20.8 Å². The molecule has 0 saturated heterocycles. The van der Waals surface area contributed by atoms with Crippen molar-refractivity contribution < 1.29 is 17.9 Å². The standard InChI is InChI=1S/C27H31ClN2O4S/c1-18-13-20(3)24(14-19(18)2)21(4)29-27(31)17-30(16-22-9-7-6-8-10-22)35(32,33)26-15-23(28)11-12-25(26)34-5/h6-15,21H,16-17H2,1-5H3,(H,29,31)/t21-/m0/s1. The summed E-state index contributed by atoms with van der Waals surface area (Å²) in [5.41, 5.74) is 5.13. The molecular formula is C27H31ClN2O4S. The molecule has 0 aromatic heterocycles. The Labute approximate surface area is 212 Å². The zero-order valence-electron chi connectivity index (χ0n) is 20.6. The quantitative estimate of drug-likeness (QED) is 0.418. The number of amides is 1. The maximum atomic E-state index is 13.7. The maximum absolute atomic E-state index is 13.7. The van der Waals surface area contributed by atoms with Gasteiger partial charge in [0.2, 0.25) is 15.9 Å². The molecule has 3 aromatic carbocycles. The molecule has 0 aliphatic heterocycles. The maximum Gasteiger partial charge on any atom is 0.247 e. The third-order valence-corrected chi connectivity index (χ3v) is 8.04. The first-order valence-electron chi connectivity index (χ1n) is 11.3. The van der Waals surface area contributed by atoms with Crippen molar-refractivity contribution in [3.8, 4) is 5.75 Å². The van der Waals surface area contributed by atoms with Crippen molar-refractivity contribution in [2.45, 2.75) is 45.2 Å². The lowest BCUT2D eigenvalue weighted by molar-refractivity contribution is -0.122. The highest BCUT2D eigenvalue weighted by Crippen LogP contribution is 2.30. The minimum Gasteiger partial charge on any atom is -0.495 e. The lowest BCUT2D eigenvalue weighted by Gasteiger charge is -2.25. The molecule has 0 spiro atoms. The van der Waals surface area contributed by atoms with Gasteiger partial charge >= 0.3 is 0 Å². The van der Waals surface area contributed by atoms with Crippen LogP contribution >= 0.6 is 11.6 Å². The normalized spacial score (nSPS) is 12.4. The van der Waals surface area contributed by atoms with Crippen LogP contribution in [0.1, 0.15) is 40.8 Å². The van der Waals surface area contributed by atoms with E-state index in [1.165, 1.54) is 24.8 Å². The highest BCUT2D eigenvalue weighted by atomic mass is 35.5. The number of ether oxygens (including phenoxy) is 1. The van der Waals surface area contributed by atoms with Crippen molar-refractivity contribution in [3.63, 3.8) is 0 Å². The molecule has 3 rings (SSSR count). The fourth-order valence-corrected chi connectivity index (χ4v) is 5.78. The number of carbonyl (C=O) groups excluding carboxylic acids is 1. The Kier molecular flexibility index (Phi) is 8.59. The van der Waals surface area contributed by atoms with E-state index in [0.29, 0.717) is 0 Å². The van der Waals surface area contributed by atoms with Crippen LogP contribution < -0.4 is 10.1 Å². The van der Waals surface area contributed by atoms with Gasteiger partial charge in [0, 0.05) is 11.6 Å². The zero-order valence-corrected chi connectivity index (χ0v) is 22.2. The summed E-state index contributed by atoms with van der Waals surface area (Å²) in [6.07, 6.45) is 0. The summed E-state index contributed by atoms with van der Waals surface area (Å²) in [4.78, 5) is 13.0. The topological polar surface area (TPSA) is 75.7 Å². The molecule has 186 valence electrons. The first-order chi connectivity index (χ1) is 16.5. The van der Waals surface area contributed by atoms with Crippen LogP contribution in [0.5, 0.6) is 5.75 Å². The Hall–Kier alpha value is -2.87. The van der Waals surface area contributed by atoms with Crippen molar-refractivity contribution in [3.05, 3.63) is 93.5 Å². The Morgan fingerprint density at radius 1 is 1.00 bits per heavy atom. The number of nitrogens with zero attached hydrogens (tertiary/aromatic N) is 1. The Bertz CT molecular complexity index is 1310. The van der Waals surface area contributed by atoms with E-state index in [0.717, 1.165) is 26.6 Å². The average Bonchev–Trinajstić information content (AvgIpc) is 2.81. The van der Waals surface area contributed by atoms with Crippen LogP contribution in [0.25, 0.3) is 0 Å². The number of hydrogen-bond acceptors (Lipinski definition) is 4. The number of methoxy groups -OCH3 is 1. The van der Waals surface area contributed by atoms with Gasteiger partial charge in [-0.05, 0) is 73.7 Å². The van der Waals surface area contributed by atoms with Gasteiger partial charge in [-0.15, -0.1) is 0 Å². The fourth-order valence-electron chi connectivity index (χ4n) is 3.98. The molecule has 0 bridgehead atoms. The van der Waals surface area contributed by atoms with E-state index in [1.807, 2.05) is 58.0 Å². The Balaban J connectivity index is 1.91. The van der Waals surface area contributed by atoms with E-state index in [4.69, 9.17) is 16.3 Å². The van der Waals surface area contributed by atoms with E-state index >= 15 is 0 Å². The lowest BCUT2D eigenvalue weighted by atomic mass is 9.96. The van der Waals surface area contributed by atoms with Crippen LogP contribution in [0.15, 0.2) is 65.6 Å². The molecule has 0 heterocycles. The molecule has 1 amide bonds. The molecule has 0 radical (unpaired) electrons. The molecule has 0 unspecified atom stereocenters. The van der Waals surface area contributed by atoms with Gasteiger partial charge in [-0.25, -0.2) is 8.42 Å². The van der Waals surface area contributed by atoms with Crippen molar-refractivity contribution in [2.24, 2.45) is 0 Å². The molecule has 3 aromatic rings. The molecule has 0 fully saturated rings. The number of hydrogen-bond donors (Lipinski definition) is 1. The van der Waals surface area contributed by atoms with Crippen LogP contribution in [0.3, 0.4) is 0 Å². The highest BCUT2D eigenvalue weighted by molar-refractivity contribution is 7.89. The van der Waals surface area contributed by atoms with Gasteiger partial charge in [0.1, 0.15) is 10.6 Å². The SMILES string of the molecule is COc1ccc(Cl)cc1S(=O)(=O)N(CC(=O)N[C@@H](C)c1cc(C)c(C)cc1C)Cc1ccccc1. The van der Waals surface area contributed by atoms with Gasteiger partial charge < -0.3 is 10.1 Å². The van der Waals surface area contributed by atoms with Crippen LogP contribution in [-0.4, -0.2) is 32.3 Å². The average molecular weight is 515 g/mol. The number of sulfonamides is 1. The number of nitrogens with one attached hydrogen (secondary N) is 1. The largest absolute Gasteiger partial charge is 0.495 e. The van der Waals surface area contributed by atoms with Gasteiger partial charge in [-0.3, -0.25) is 4.79 Å². The molecular weight excluding hydrogens is 484 g/mol.